The Morgan fingerprint density at radius 3 is 2.44 bits per heavy atom. The van der Waals surface area contributed by atoms with E-state index in [2.05, 4.69) is 18.7 Å². The number of carbonyl (C=O) groups is 1. The lowest BCUT2D eigenvalue weighted by Gasteiger charge is -2.18. The predicted octanol–water partition coefficient (Wildman–Crippen LogP) is 1.80. The van der Waals surface area contributed by atoms with Crippen LogP contribution in [-0.2, 0) is 6.42 Å². The van der Waals surface area contributed by atoms with Crippen LogP contribution in [0.2, 0.25) is 0 Å². The third-order valence-corrected chi connectivity index (χ3v) is 2.98. The maximum atomic E-state index is 11.1. The molecule has 0 aliphatic carbocycles. The molecule has 1 aromatic rings. The average molecular weight is 273 g/mol. The number of aromatic hydroxyl groups is 1. The van der Waals surface area contributed by atoms with Crippen molar-refractivity contribution in [1.82, 2.24) is 4.90 Å². The van der Waals surface area contributed by atoms with Crippen molar-refractivity contribution in [3.8, 4) is 5.75 Å². The lowest BCUT2D eigenvalue weighted by atomic mass is 10.1. The standard InChI is InChI=1S/C13H20N2O2.ClH/c1-3-15(4-2)9-8-10-6-5-7-11(12(10)16)13(14)17;/h5-7,16H,3-4,8-9H2,1-2H3,(H2,14,17);1H. The van der Waals surface area contributed by atoms with E-state index in [0.717, 1.165) is 25.2 Å². The van der Waals surface area contributed by atoms with Crippen molar-refractivity contribution in [2.24, 2.45) is 5.73 Å². The number of hydrogen-bond donors (Lipinski definition) is 2. The van der Waals surface area contributed by atoms with Crippen LogP contribution in [0.4, 0.5) is 0 Å². The summed E-state index contributed by atoms with van der Waals surface area (Å²) < 4.78 is 0. The first-order valence-electron chi connectivity index (χ1n) is 5.93. The number of halogens is 1. The molecule has 0 aliphatic heterocycles. The van der Waals surface area contributed by atoms with E-state index in [0.29, 0.717) is 6.42 Å². The van der Waals surface area contributed by atoms with Crippen molar-refractivity contribution >= 4 is 18.3 Å². The summed E-state index contributed by atoms with van der Waals surface area (Å²) in [4.78, 5) is 13.3. The highest BCUT2D eigenvalue weighted by Crippen LogP contribution is 2.22. The van der Waals surface area contributed by atoms with Crippen LogP contribution >= 0.6 is 12.4 Å². The second-order valence-corrected chi connectivity index (χ2v) is 3.95. The molecule has 0 radical (unpaired) electrons. The van der Waals surface area contributed by atoms with Gasteiger partial charge in [0.25, 0.3) is 5.91 Å². The second-order valence-electron chi connectivity index (χ2n) is 3.95. The summed E-state index contributed by atoms with van der Waals surface area (Å²) in [5.41, 5.74) is 6.15. The zero-order valence-corrected chi connectivity index (χ0v) is 11.7. The van der Waals surface area contributed by atoms with Crippen molar-refractivity contribution in [2.75, 3.05) is 19.6 Å². The minimum atomic E-state index is -0.591. The van der Waals surface area contributed by atoms with Gasteiger partial charge in [0, 0.05) is 6.54 Å². The predicted molar refractivity (Wildman–Crippen MR) is 75.4 cm³/mol. The molecule has 0 heterocycles. The topological polar surface area (TPSA) is 66.6 Å². The highest BCUT2D eigenvalue weighted by atomic mass is 35.5. The number of nitrogens with zero attached hydrogens (tertiary/aromatic N) is 1. The number of amides is 1. The molecular formula is C13H21ClN2O2. The molecule has 1 rings (SSSR count). The Morgan fingerprint density at radius 1 is 1.33 bits per heavy atom. The summed E-state index contributed by atoms with van der Waals surface area (Å²) >= 11 is 0. The molecule has 18 heavy (non-hydrogen) atoms. The van der Waals surface area contributed by atoms with Gasteiger partial charge in [-0.3, -0.25) is 4.79 Å². The largest absolute Gasteiger partial charge is 0.507 e. The van der Waals surface area contributed by atoms with Crippen LogP contribution in [0.3, 0.4) is 0 Å². The fraction of sp³-hybridized carbons (Fsp3) is 0.462. The number of carbonyl (C=O) groups excluding carboxylic acids is 1. The molecule has 1 amide bonds. The van der Waals surface area contributed by atoms with E-state index in [1.807, 2.05) is 6.07 Å². The molecule has 0 aromatic heterocycles. The smallest absolute Gasteiger partial charge is 0.252 e. The highest BCUT2D eigenvalue weighted by Gasteiger charge is 2.11. The number of benzene rings is 1. The van der Waals surface area contributed by atoms with Gasteiger partial charge >= 0.3 is 0 Å². The minimum absolute atomic E-state index is 0. The molecule has 5 heteroatoms. The van der Waals surface area contributed by atoms with Crippen LogP contribution in [0, 0.1) is 0 Å². The van der Waals surface area contributed by atoms with Gasteiger partial charge in [-0.1, -0.05) is 26.0 Å². The third kappa shape index (κ3) is 4.20. The number of likely N-dealkylation sites (N-methyl/N-ethyl adjacent to an activating group) is 1. The normalized spacial score (nSPS) is 10.2. The average Bonchev–Trinajstić information content (AvgIpc) is 2.32. The van der Waals surface area contributed by atoms with Gasteiger partial charge in [-0.15, -0.1) is 12.4 Å². The second kappa shape index (κ2) is 7.95. The first-order valence-corrected chi connectivity index (χ1v) is 5.93. The number of para-hydroxylation sites is 1. The molecule has 0 atom stereocenters. The molecule has 0 saturated heterocycles. The van der Waals surface area contributed by atoms with Crippen LogP contribution < -0.4 is 5.73 Å². The van der Waals surface area contributed by atoms with E-state index >= 15 is 0 Å². The quantitative estimate of drug-likeness (QED) is 0.830. The van der Waals surface area contributed by atoms with E-state index in [1.54, 1.807) is 12.1 Å². The first-order chi connectivity index (χ1) is 8.10. The summed E-state index contributed by atoms with van der Waals surface area (Å²) in [6.45, 7) is 7.02. The van der Waals surface area contributed by atoms with Crippen LogP contribution in [0.15, 0.2) is 18.2 Å². The van der Waals surface area contributed by atoms with E-state index < -0.39 is 5.91 Å². The number of primary amides is 1. The lowest BCUT2D eigenvalue weighted by molar-refractivity contribution is 0.0997. The van der Waals surface area contributed by atoms with Crippen molar-refractivity contribution in [1.29, 1.82) is 0 Å². The van der Waals surface area contributed by atoms with Gasteiger partial charge in [0.15, 0.2) is 0 Å². The van der Waals surface area contributed by atoms with Gasteiger partial charge in [-0.05, 0) is 31.1 Å². The number of rotatable bonds is 6. The summed E-state index contributed by atoms with van der Waals surface area (Å²) in [6, 6.07) is 5.11. The molecule has 3 N–H and O–H groups in total. The molecule has 0 fully saturated rings. The van der Waals surface area contributed by atoms with Crippen molar-refractivity contribution in [3.05, 3.63) is 29.3 Å². The van der Waals surface area contributed by atoms with Gasteiger partial charge in [0.2, 0.25) is 0 Å². The van der Waals surface area contributed by atoms with Crippen molar-refractivity contribution in [3.63, 3.8) is 0 Å². The molecular weight excluding hydrogens is 252 g/mol. The number of nitrogens with two attached hydrogens (primary N) is 1. The molecule has 1 aromatic carbocycles. The lowest BCUT2D eigenvalue weighted by Crippen LogP contribution is -2.25. The maximum absolute atomic E-state index is 11.1. The molecule has 4 nitrogen and oxygen atoms in total. The van der Waals surface area contributed by atoms with E-state index in [-0.39, 0.29) is 23.7 Å². The molecule has 102 valence electrons. The molecule has 0 aliphatic rings. The van der Waals surface area contributed by atoms with E-state index in [1.165, 1.54) is 0 Å². The Bertz CT molecular complexity index is 393. The summed E-state index contributed by atoms with van der Waals surface area (Å²) in [7, 11) is 0. The monoisotopic (exact) mass is 272 g/mol. The highest BCUT2D eigenvalue weighted by molar-refractivity contribution is 5.95. The summed E-state index contributed by atoms with van der Waals surface area (Å²) in [5.74, 6) is -0.570. The van der Waals surface area contributed by atoms with E-state index in [4.69, 9.17) is 5.73 Å². The SMILES string of the molecule is CCN(CC)CCc1cccc(C(N)=O)c1O.Cl. The van der Waals surface area contributed by atoms with Gasteiger partial charge in [-0.2, -0.15) is 0 Å². The molecule has 0 spiro atoms. The Hall–Kier alpha value is -1.26. The van der Waals surface area contributed by atoms with Crippen LogP contribution in [-0.4, -0.2) is 35.5 Å². The van der Waals surface area contributed by atoms with E-state index in [9.17, 15) is 9.90 Å². The van der Waals surface area contributed by atoms with Crippen LogP contribution in [0.5, 0.6) is 5.75 Å². The first kappa shape index (κ1) is 16.7. The summed E-state index contributed by atoms with van der Waals surface area (Å²) in [5, 5.41) is 9.90. The van der Waals surface area contributed by atoms with Crippen molar-refractivity contribution in [2.45, 2.75) is 20.3 Å². The van der Waals surface area contributed by atoms with Gasteiger partial charge in [-0.25, -0.2) is 0 Å². The van der Waals surface area contributed by atoms with Gasteiger partial charge < -0.3 is 15.7 Å². The number of phenols is 1. The minimum Gasteiger partial charge on any atom is -0.507 e. The maximum Gasteiger partial charge on any atom is 0.252 e. The van der Waals surface area contributed by atoms with Gasteiger partial charge in [0.1, 0.15) is 5.75 Å². The van der Waals surface area contributed by atoms with Crippen LogP contribution in [0.1, 0.15) is 29.8 Å². The molecule has 0 bridgehead atoms. The Kier molecular flexibility index (Phi) is 7.39. The third-order valence-electron chi connectivity index (χ3n) is 2.98. The Balaban J connectivity index is 0.00000289. The zero-order chi connectivity index (χ0) is 12.8. The Morgan fingerprint density at radius 2 is 1.94 bits per heavy atom. The van der Waals surface area contributed by atoms with Gasteiger partial charge in [0.05, 0.1) is 5.56 Å². The van der Waals surface area contributed by atoms with Crippen molar-refractivity contribution < 1.29 is 9.90 Å². The number of hydrogen-bond acceptors (Lipinski definition) is 3. The van der Waals surface area contributed by atoms with Crippen LogP contribution in [0.25, 0.3) is 0 Å². The molecule has 0 unspecified atom stereocenters. The summed E-state index contributed by atoms with van der Waals surface area (Å²) in [6.07, 6.45) is 0.717. The zero-order valence-electron chi connectivity index (χ0n) is 10.8. The fourth-order valence-corrected chi connectivity index (χ4v) is 1.81. The fourth-order valence-electron chi connectivity index (χ4n) is 1.81. The molecule has 0 saturated carbocycles. The Labute approximate surface area is 114 Å².